The van der Waals surface area contributed by atoms with Crippen molar-refractivity contribution in [3.63, 3.8) is 0 Å². The van der Waals surface area contributed by atoms with Gasteiger partial charge in [-0.3, -0.25) is 0 Å². The van der Waals surface area contributed by atoms with Gasteiger partial charge in [-0.25, -0.2) is 4.98 Å². The highest BCUT2D eigenvalue weighted by Crippen LogP contribution is 2.43. The van der Waals surface area contributed by atoms with Crippen LogP contribution in [0.25, 0.3) is 0 Å². The van der Waals surface area contributed by atoms with Crippen LogP contribution < -0.4 is 9.64 Å². The molecule has 0 N–H and O–H groups in total. The Balaban J connectivity index is 2.10. The maximum absolute atomic E-state index is 6.36. The van der Waals surface area contributed by atoms with Crippen molar-refractivity contribution in [3.05, 3.63) is 45.6 Å². The van der Waals surface area contributed by atoms with Gasteiger partial charge in [0.1, 0.15) is 12.5 Å². The highest BCUT2D eigenvalue weighted by atomic mass is 35.5. The Morgan fingerprint density at radius 3 is 2.41 bits per heavy atom. The first-order chi connectivity index (χ1) is 12.8. The van der Waals surface area contributed by atoms with Gasteiger partial charge in [0.25, 0.3) is 0 Å². The molecule has 146 valence electrons. The Hall–Kier alpha value is -1.78. The summed E-state index contributed by atoms with van der Waals surface area (Å²) in [7, 11) is 0. The smallest absolute Gasteiger partial charge is 0.227 e. The number of fused-ring (bicyclic) bond motifs is 1. The summed E-state index contributed by atoms with van der Waals surface area (Å²) in [6.07, 6.45) is 2.07. The normalized spacial score (nSPS) is 16.6. The SMILES string of the molecule is CCC(CC)N1COC(C)c2c1cc(C)nc2Oc1c(C)cc(Cl)cc1C. The van der Waals surface area contributed by atoms with E-state index in [2.05, 4.69) is 31.7 Å². The lowest BCUT2D eigenvalue weighted by molar-refractivity contribution is 0.0486. The monoisotopic (exact) mass is 388 g/mol. The predicted molar refractivity (Wildman–Crippen MR) is 111 cm³/mol. The van der Waals surface area contributed by atoms with Crippen LogP contribution in [0.1, 0.15) is 62.1 Å². The van der Waals surface area contributed by atoms with Gasteiger partial charge in [0.05, 0.1) is 17.4 Å². The van der Waals surface area contributed by atoms with Crippen LogP contribution in [0.5, 0.6) is 11.6 Å². The summed E-state index contributed by atoms with van der Waals surface area (Å²) >= 11 is 6.18. The summed E-state index contributed by atoms with van der Waals surface area (Å²) in [5, 5.41) is 0.716. The molecule has 1 atom stereocenters. The molecule has 0 spiro atoms. The van der Waals surface area contributed by atoms with Crippen LogP contribution in [-0.2, 0) is 4.74 Å². The first-order valence-corrected chi connectivity index (χ1v) is 10.1. The number of halogens is 1. The number of hydrogen-bond donors (Lipinski definition) is 0. The third kappa shape index (κ3) is 3.92. The van der Waals surface area contributed by atoms with E-state index in [4.69, 9.17) is 26.1 Å². The van der Waals surface area contributed by atoms with E-state index >= 15 is 0 Å². The average molecular weight is 389 g/mol. The standard InChI is InChI=1S/C22H29ClN2O2/c1-7-18(8-2)25-12-26-16(6)20-19(25)11-15(5)24-22(20)27-21-13(3)9-17(23)10-14(21)4/h9-11,16,18H,7-8,12H2,1-6H3. The van der Waals surface area contributed by atoms with E-state index in [1.54, 1.807) is 0 Å². The summed E-state index contributed by atoms with van der Waals surface area (Å²) in [5.74, 6) is 1.44. The van der Waals surface area contributed by atoms with E-state index in [9.17, 15) is 0 Å². The molecule has 27 heavy (non-hydrogen) atoms. The molecule has 5 heteroatoms. The van der Waals surface area contributed by atoms with Gasteiger partial charge in [0, 0.05) is 16.8 Å². The summed E-state index contributed by atoms with van der Waals surface area (Å²) in [4.78, 5) is 7.07. The van der Waals surface area contributed by atoms with Gasteiger partial charge >= 0.3 is 0 Å². The Kier molecular flexibility index (Phi) is 5.97. The van der Waals surface area contributed by atoms with E-state index in [1.807, 2.05) is 32.9 Å². The molecule has 2 aromatic rings. The topological polar surface area (TPSA) is 34.6 Å². The first-order valence-electron chi connectivity index (χ1n) is 9.70. The van der Waals surface area contributed by atoms with Crippen LogP contribution in [0.2, 0.25) is 5.02 Å². The van der Waals surface area contributed by atoms with Crippen LogP contribution in [0.4, 0.5) is 5.69 Å². The second-order valence-electron chi connectivity index (χ2n) is 7.35. The third-order valence-electron chi connectivity index (χ3n) is 5.32. The van der Waals surface area contributed by atoms with Crippen molar-refractivity contribution in [1.82, 2.24) is 4.98 Å². The van der Waals surface area contributed by atoms with E-state index in [-0.39, 0.29) is 6.10 Å². The lowest BCUT2D eigenvalue weighted by Crippen LogP contribution is -2.40. The van der Waals surface area contributed by atoms with Crippen LogP contribution in [0.15, 0.2) is 18.2 Å². The summed E-state index contributed by atoms with van der Waals surface area (Å²) in [6.45, 7) is 13.1. The van der Waals surface area contributed by atoms with Gasteiger partial charge in [-0.2, -0.15) is 0 Å². The number of aryl methyl sites for hydroxylation is 3. The minimum atomic E-state index is -0.0679. The molecule has 0 fully saturated rings. The fourth-order valence-corrected chi connectivity index (χ4v) is 4.19. The van der Waals surface area contributed by atoms with Crippen molar-refractivity contribution in [2.75, 3.05) is 11.6 Å². The van der Waals surface area contributed by atoms with Crippen LogP contribution in [0, 0.1) is 20.8 Å². The van der Waals surface area contributed by atoms with Crippen molar-refractivity contribution in [2.45, 2.75) is 66.5 Å². The zero-order valence-electron chi connectivity index (χ0n) is 17.1. The molecule has 1 aromatic heterocycles. The van der Waals surface area contributed by atoms with E-state index < -0.39 is 0 Å². The Bertz CT molecular complexity index is 810. The van der Waals surface area contributed by atoms with Crippen molar-refractivity contribution in [1.29, 1.82) is 0 Å². The van der Waals surface area contributed by atoms with E-state index in [1.165, 1.54) is 5.69 Å². The fourth-order valence-electron chi connectivity index (χ4n) is 3.87. The first kappa shape index (κ1) is 20.0. The molecule has 2 heterocycles. The number of nitrogens with zero attached hydrogens (tertiary/aromatic N) is 2. The largest absolute Gasteiger partial charge is 0.438 e. The Morgan fingerprint density at radius 1 is 1.19 bits per heavy atom. The average Bonchev–Trinajstić information content (AvgIpc) is 2.60. The van der Waals surface area contributed by atoms with Gasteiger partial charge < -0.3 is 14.4 Å². The molecular weight excluding hydrogens is 360 g/mol. The number of aromatic nitrogens is 1. The maximum Gasteiger partial charge on any atom is 0.227 e. The fraction of sp³-hybridized carbons (Fsp3) is 0.500. The van der Waals surface area contributed by atoms with Gasteiger partial charge in [0.15, 0.2) is 0 Å². The molecule has 0 saturated heterocycles. The van der Waals surface area contributed by atoms with Crippen molar-refractivity contribution >= 4 is 17.3 Å². The molecule has 0 amide bonds. The number of anilines is 1. The number of benzene rings is 1. The summed E-state index contributed by atoms with van der Waals surface area (Å²) in [6, 6.07) is 6.43. The molecule has 0 radical (unpaired) electrons. The number of rotatable bonds is 5. The Labute approximate surface area is 167 Å². The highest BCUT2D eigenvalue weighted by Gasteiger charge is 2.31. The number of hydrogen-bond acceptors (Lipinski definition) is 4. The zero-order chi connectivity index (χ0) is 19.7. The van der Waals surface area contributed by atoms with Gasteiger partial charge in [-0.1, -0.05) is 25.4 Å². The van der Waals surface area contributed by atoms with E-state index in [0.717, 1.165) is 41.0 Å². The maximum atomic E-state index is 6.36. The van der Waals surface area contributed by atoms with Crippen LogP contribution in [-0.4, -0.2) is 17.8 Å². The number of pyridine rings is 1. The molecule has 1 aliphatic heterocycles. The lowest BCUT2D eigenvalue weighted by Gasteiger charge is -2.39. The molecule has 1 unspecified atom stereocenters. The molecule has 0 bridgehead atoms. The quantitative estimate of drug-likeness (QED) is 0.585. The second kappa shape index (κ2) is 8.07. The third-order valence-corrected chi connectivity index (χ3v) is 5.53. The van der Waals surface area contributed by atoms with Crippen molar-refractivity contribution in [3.8, 4) is 11.6 Å². The summed E-state index contributed by atoms with van der Waals surface area (Å²) < 4.78 is 12.4. The molecule has 3 rings (SSSR count). The van der Waals surface area contributed by atoms with E-state index in [0.29, 0.717) is 23.7 Å². The molecular formula is C22H29ClN2O2. The molecule has 0 aliphatic carbocycles. The molecule has 1 aliphatic rings. The molecule has 1 aromatic carbocycles. The van der Waals surface area contributed by atoms with Gasteiger partial charge in [0.2, 0.25) is 5.88 Å². The summed E-state index contributed by atoms with van der Waals surface area (Å²) in [5.41, 5.74) is 5.14. The lowest BCUT2D eigenvalue weighted by atomic mass is 10.0. The van der Waals surface area contributed by atoms with Crippen molar-refractivity contribution in [2.24, 2.45) is 0 Å². The number of ether oxygens (including phenoxy) is 2. The Morgan fingerprint density at radius 2 is 1.81 bits per heavy atom. The minimum Gasteiger partial charge on any atom is -0.438 e. The second-order valence-corrected chi connectivity index (χ2v) is 7.79. The van der Waals surface area contributed by atoms with Crippen LogP contribution >= 0.6 is 11.6 Å². The molecule has 4 nitrogen and oxygen atoms in total. The van der Waals surface area contributed by atoms with Crippen LogP contribution in [0.3, 0.4) is 0 Å². The predicted octanol–water partition coefficient (Wildman–Crippen LogP) is 6.50. The van der Waals surface area contributed by atoms with Gasteiger partial charge in [-0.15, -0.1) is 0 Å². The highest BCUT2D eigenvalue weighted by molar-refractivity contribution is 6.30. The molecule has 0 saturated carbocycles. The zero-order valence-corrected chi connectivity index (χ0v) is 17.9. The van der Waals surface area contributed by atoms with Gasteiger partial charge in [-0.05, 0) is 69.9 Å². The van der Waals surface area contributed by atoms with Crippen molar-refractivity contribution < 1.29 is 9.47 Å². The minimum absolute atomic E-state index is 0.0679.